The van der Waals surface area contributed by atoms with E-state index in [-0.39, 0.29) is 19.1 Å². The topological polar surface area (TPSA) is 105 Å². The lowest BCUT2D eigenvalue weighted by molar-refractivity contribution is -0.870. The Morgan fingerprint density at radius 3 is 1.32 bits per heavy atom. The highest BCUT2D eigenvalue weighted by Gasteiger charge is 2.27. The highest BCUT2D eigenvalue weighted by molar-refractivity contribution is 7.47. The quantitative estimate of drug-likeness (QED) is 0.0243. The van der Waals surface area contributed by atoms with Gasteiger partial charge in [0, 0.05) is 6.42 Å². The normalized spacial score (nSPS) is 14.3. The summed E-state index contributed by atoms with van der Waals surface area (Å²) >= 11 is 0. The highest BCUT2D eigenvalue weighted by Crippen LogP contribution is 2.43. The van der Waals surface area contributed by atoms with Crippen LogP contribution in [-0.4, -0.2) is 73.4 Å². The second-order valence-electron chi connectivity index (χ2n) is 19.6. The molecule has 0 heterocycles. The largest absolute Gasteiger partial charge is 0.472 e. The summed E-state index contributed by atoms with van der Waals surface area (Å²) < 4.78 is 23.6. The molecule has 3 unspecified atom stereocenters. The van der Waals surface area contributed by atoms with E-state index >= 15 is 0 Å². The van der Waals surface area contributed by atoms with Crippen molar-refractivity contribution in [3.8, 4) is 0 Å². The number of rotatable bonds is 49. The van der Waals surface area contributed by atoms with E-state index in [9.17, 15) is 19.4 Å². The van der Waals surface area contributed by atoms with Crippen molar-refractivity contribution in [1.82, 2.24) is 5.32 Å². The van der Waals surface area contributed by atoms with Gasteiger partial charge in [0.1, 0.15) is 13.2 Å². The zero-order valence-electron chi connectivity index (χ0n) is 42.3. The number of amides is 1. The van der Waals surface area contributed by atoms with Gasteiger partial charge in [0.05, 0.1) is 39.9 Å². The van der Waals surface area contributed by atoms with Gasteiger partial charge in [-0.15, -0.1) is 0 Å². The van der Waals surface area contributed by atoms with Crippen molar-refractivity contribution < 1.29 is 32.9 Å². The van der Waals surface area contributed by atoms with E-state index in [1.54, 1.807) is 6.08 Å². The van der Waals surface area contributed by atoms with Crippen LogP contribution in [0.2, 0.25) is 0 Å². The summed E-state index contributed by atoms with van der Waals surface area (Å²) in [6, 6.07) is -0.866. The number of quaternary nitrogens is 1. The monoisotopic (exact) mass is 910 g/mol. The van der Waals surface area contributed by atoms with E-state index in [0.717, 1.165) is 51.4 Å². The third kappa shape index (κ3) is 48.5. The number of carbonyl (C=O) groups excluding carboxylic acids is 1. The minimum Gasteiger partial charge on any atom is -0.387 e. The molecule has 0 fully saturated rings. The highest BCUT2D eigenvalue weighted by atomic mass is 31.2. The van der Waals surface area contributed by atoms with Crippen LogP contribution in [-0.2, 0) is 18.4 Å². The van der Waals surface area contributed by atoms with Crippen molar-refractivity contribution in [3.63, 3.8) is 0 Å². The Labute approximate surface area is 391 Å². The molecule has 372 valence electrons. The molecular weight excluding hydrogens is 804 g/mol. The molecule has 0 aromatic heterocycles. The number of nitrogens with one attached hydrogen (secondary N) is 1. The Bertz CT molecular complexity index is 1120. The number of aliphatic hydroxyl groups is 1. The Hall–Kier alpha value is -1.28. The van der Waals surface area contributed by atoms with Crippen LogP contribution >= 0.6 is 7.82 Å². The molecule has 0 aromatic rings. The number of allylic oxidation sites excluding steroid dienone is 5. The number of nitrogens with zero attached hydrogens (tertiary/aromatic N) is 1. The average molecular weight is 910 g/mol. The Morgan fingerprint density at radius 2 is 0.889 bits per heavy atom. The van der Waals surface area contributed by atoms with Crippen molar-refractivity contribution in [2.45, 2.75) is 264 Å². The number of unbranched alkanes of at least 4 members (excludes halogenated alkanes) is 32. The van der Waals surface area contributed by atoms with E-state index in [0.29, 0.717) is 17.4 Å². The number of phosphoric ester groups is 1. The van der Waals surface area contributed by atoms with Crippen molar-refractivity contribution in [1.29, 1.82) is 0 Å². The first-order chi connectivity index (χ1) is 30.5. The molecule has 0 bridgehead atoms. The number of hydrogen-bond donors (Lipinski definition) is 3. The van der Waals surface area contributed by atoms with Gasteiger partial charge in [0.2, 0.25) is 5.91 Å². The van der Waals surface area contributed by atoms with E-state index in [2.05, 4.69) is 43.5 Å². The second-order valence-corrected chi connectivity index (χ2v) is 21.0. The van der Waals surface area contributed by atoms with Crippen LogP contribution in [0.25, 0.3) is 0 Å². The number of likely N-dealkylation sites (N-methyl/N-ethyl adjacent to an activating group) is 1. The molecule has 0 saturated heterocycles. The van der Waals surface area contributed by atoms with Crippen molar-refractivity contribution in [2.75, 3.05) is 40.9 Å². The van der Waals surface area contributed by atoms with E-state index in [1.807, 2.05) is 27.2 Å². The van der Waals surface area contributed by atoms with Crippen molar-refractivity contribution in [3.05, 3.63) is 36.5 Å². The van der Waals surface area contributed by atoms with Crippen molar-refractivity contribution >= 4 is 13.7 Å². The molecule has 3 N–H and O–H groups in total. The molecular formula is C54H106N2O6P+. The van der Waals surface area contributed by atoms with Gasteiger partial charge in [-0.1, -0.05) is 230 Å². The fourth-order valence-electron chi connectivity index (χ4n) is 7.80. The van der Waals surface area contributed by atoms with Crippen LogP contribution in [0.1, 0.15) is 251 Å². The maximum atomic E-state index is 12.9. The second kappa shape index (κ2) is 45.9. The van der Waals surface area contributed by atoms with Crippen LogP contribution in [0.15, 0.2) is 36.5 Å². The summed E-state index contributed by atoms with van der Waals surface area (Å²) in [5.41, 5.74) is 0. The summed E-state index contributed by atoms with van der Waals surface area (Å²) in [4.78, 5) is 23.1. The average Bonchev–Trinajstić information content (AvgIpc) is 3.24. The Kier molecular flexibility index (Phi) is 44.9. The molecule has 63 heavy (non-hydrogen) atoms. The van der Waals surface area contributed by atoms with Crippen LogP contribution in [0.5, 0.6) is 0 Å². The molecule has 0 aliphatic carbocycles. The lowest BCUT2D eigenvalue weighted by Gasteiger charge is -2.25. The molecule has 9 heteroatoms. The maximum absolute atomic E-state index is 12.9. The fourth-order valence-corrected chi connectivity index (χ4v) is 8.54. The molecule has 0 aliphatic heterocycles. The SMILES string of the molecule is CCCC/C=C\CCCCCCCC(=O)NC(COP(=O)(O)OCC[N+](C)(C)C)C(O)/C=C/CC/C=C/CCCCCCCCCCCCCCCCCCCCCCCCCC. The molecule has 0 aliphatic rings. The third-order valence-electron chi connectivity index (χ3n) is 12.1. The van der Waals surface area contributed by atoms with Gasteiger partial charge in [-0.3, -0.25) is 13.8 Å². The first-order valence-corrected chi connectivity index (χ1v) is 28.4. The Balaban J connectivity index is 4.13. The maximum Gasteiger partial charge on any atom is 0.472 e. The summed E-state index contributed by atoms with van der Waals surface area (Å²) in [5, 5.41) is 13.8. The first-order valence-electron chi connectivity index (χ1n) is 26.9. The summed E-state index contributed by atoms with van der Waals surface area (Å²) in [7, 11) is 1.55. The van der Waals surface area contributed by atoms with E-state index in [4.69, 9.17) is 9.05 Å². The van der Waals surface area contributed by atoms with E-state index in [1.165, 1.54) is 180 Å². The van der Waals surface area contributed by atoms with Crippen molar-refractivity contribution in [2.24, 2.45) is 0 Å². The van der Waals surface area contributed by atoms with Crippen LogP contribution < -0.4 is 5.32 Å². The number of phosphoric acid groups is 1. The lowest BCUT2D eigenvalue weighted by atomic mass is 10.0. The number of carbonyl (C=O) groups is 1. The van der Waals surface area contributed by atoms with Gasteiger partial charge < -0.3 is 19.8 Å². The van der Waals surface area contributed by atoms with Gasteiger partial charge in [-0.05, 0) is 51.4 Å². The predicted octanol–water partition coefficient (Wildman–Crippen LogP) is 15.8. The minimum absolute atomic E-state index is 0.0547. The first kappa shape index (κ1) is 61.7. The fraction of sp³-hybridized carbons (Fsp3) is 0.870. The number of hydrogen-bond acceptors (Lipinski definition) is 5. The predicted molar refractivity (Wildman–Crippen MR) is 272 cm³/mol. The molecule has 8 nitrogen and oxygen atoms in total. The zero-order chi connectivity index (χ0) is 46.4. The van der Waals surface area contributed by atoms with Crippen LogP contribution in [0, 0.1) is 0 Å². The van der Waals surface area contributed by atoms with Gasteiger partial charge in [-0.2, -0.15) is 0 Å². The van der Waals surface area contributed by atoms with Gasteiger partial charge in [0.15, 0.2) is 0 Å². The molecule has 0 aromatic carbocycles. The smallest absolute Gasteiger partial charge is 0.387 e. The molecule has 0 rings (SSSR count). The molecule has 1 amide bonds. The standard InChI is InChI=1S/C54H105N2O6P/c1-6-8-10-12-14-16-18-19-20-21-22-23-24-25-26-27-28-29-30-31-32-33-34-35-36-38-39-41-43-45-47-53(57)52(51-62-63(59,60)61-50-49-56(3,4)5)55-54(58)48-46-44-42-40-37-17-15-13-11-9-7-2/h13,15,38-39,45,47,52-53,57H,6-12,14,16-37,40-44,46,48-51H2,1-5H3,(H-,55,58,59,60)/p+1/b15-13-,39-38+,47-45+. The van der Waals surface area contributed by atoms with Crippen LogP contribution in [0.4, 0.5) is 0 Å². The summed E-state index contributed by atoms with van der Waals surface area (Å²) in [6.07, 6.45) is 58.4. The summed E-state index contributed by atoms with van der Waals surface area (Å²) in [6.45, 7) is 4.76. The molecule has 0 spiro atoms. The zero-order valence-corrected chi connectivity index (χ0v) is 43.2. The van der Waals surface area contributed by atoms with Gasteiger partial charge in [0.25, 0.3) is 0 Å². The Morgan fingerprint density at radius 1 is 0.524 bits per heavy atom. The molecule has 0 saturated carbocycles. The summed E-state index contributed by atoms with van der Waals surface area (Å²) in [5.74, 6) is -0.197. The molecule has 0 radical (unpaired) electrons. The van der Waals surface area contributed by atoms with E-state index < -0.39 is 20.0 Å². The lowest BCUT2D eigenvalue weighted by Crippen LogP contribution is -2.45. The number of aliphatic hydroxyl groups excluding tert-OH is 1. The minimum atomic E-state index is -4.35. The van der Waals surface area contributed by atoms with Crippen LogP contribution in [0.3, 0.4) is 0 Å². The molecule has 3 atom stereocenters. The van der Waals surface area contributed by atoms with Gasteiger partial charge >= 0.3 is 7.82 Å². The third-order valence-corrected chi connectivity index (χ3v) is 13.1. The van der Waals surface area contributed by atoms with Gasteiger partial charge in [-0.25, -0.2) is 4.57 Å².